The summed E-state index contributed by atoms with van der Waals surface area (Å²) < 4.78 is 83.0. The molecule has 0 saturated heterocycles. The van der Waals surface area contributed by atoms with Crippen molar-refractivity contribution in [1.29, 1.82) is 5.26 Å². The molecule has 0 aromatic heterocycles. The summed E-state index contributed by atoms with van der Waals surface area (Å²) in [5.74, 6) is 0.230. The van der Waals surface area contributed by atoms with E-state index in [2.05, 4.69) is 31.2 Å². The van der Waals surface area contributed by atoms with Crippen molar-refractivity contribution in [1.82, 2.24) is 0 Å². The summed E-state index contributed by atoms with van der Waals surface area (Å²) in [6.45, 7) is 3.93. The second-order valence-corrected chi connectivity index (χ2v) is 11.5. The number of rotatable bonds is 9. The molecule has 4 rings (SSSR count). The van der Waals surface area contributed by atoms with E-state index in [4.69, 9.17) is 0 Å². The Morgan fingerprint density at radius 2 is 1.76 bits per heavy atom. The third-order valence-corrected chi connectivity index (χ3v) is 8.61. The first-order chi connectivity index (χ1) is 19.8. The van der Waals surface area contributed by atoms with Crippen LogP contribution in [0, 0.1) is 23.2 Å². The second-order valence-electron chi connectivity index (χ2n) is 11.5. The monoisotopic (exact) mass is 586 g/mol. The fourth-order valence-electron chi connectivity index (χ4n) is 6.21. The summed E-state index contributed by atoms with van der Waals surface area (Å²) in [5.41, 5.74) is 1.83. The molecule has 0 spiro atoms. The Labute approximate surface area is 244 Å². The zero-order valence-corrected chi connectivity index (χ0v) is 24.1. The van der Waals surface area contributed by atoms with E-state index in [9.17, 15) is 31.6 Å². The van der Waals surface area contributed by atoms with E-state index >= 15 is 0 Å². The minimum Gasteiger partial charge on any atom is -0.359 e. The highest BCUT2D eigenvalue weighted by molar-refractivity contribution is 5.84. The summed E-state index contributed by atoms with van der Waals surface area (Å²) in [4.78, 5) is 0.693. The summed E-state index contributed by atoms with van der Waals surface area (Å²) in [6.07, 6.45) is 4.64. The predicted octanol–water partition coefficient (Wildman–Crippen LogP) is 10.0. The molecule has 42 heavy (non-hydrogen) atoms. The van der Waals surface area contributed by atoms with Crippen LogP contribution in [-0.4, -0.2) is 19.3 Å². The maximum absolute atomic E-state index is 13.9. The van der Waals surface area contributed by atoms with Gasteiger partial charge in [-0.2, -0.15) is 31.6 Å². The average molecular weight is 587 g/mol. The van der Waals surface area contributed by atoms with Gasteiger partial charge in [0.05, 0.1) is 22.9 Å². The molecule has 2 nitrogen and oxygen atoms in total. The molecule has 0 bridgehead atoms. The fraction of sp³-hybridized carbons (Fsp3) is 0.441. The van der Waals surface area contributed by atoms with Gasteiger partial charge in [0.2, 0.25) is 0 Å². The van der Waals surface area contributed by atoms with E-state index in [-0.39, 0.29) is 17.4 Å². The number of para-hydroxylation sites is 1. The van der Waals surface area contributed by atoms with Crippen molar-refractivity contribution in [2.75, 3.05) is 11.9 Å². The van der Waals surface area contributed by atoms with Gasteiger partial charge >= 0.3 is 12.4 Å². The van der Waals surface area contributed by atoms with Crippen LogP contribution in [0.2, 0.25) is 0 Å². The molecule has 1 heterocycles. The molecular formula is C34H36F6N2. The Morgan fingerprint density at radius 3 is 2.40 bits per heavy atom. The molecule has 2 aromatic carbocycles. The van der Waals surface area contributed by atoms with Crippen LogP contribution in [0.3, 0.4) is 0 Å². The molecule has 0 N–H and O–H groups in total. The number of aryl methyl sites for hydroxylation is 1. The average Bonchev–Trinajstić information content (AvgIpc) is 2.95. The molecule has 2 aromatic rings. The van der Waals surface area contributed by atoms with E-state index in [1.54, 1.807) is 6.92 Å². The van der Waals surface area contributed by atoms with E-state index in [1.807, 2.05) is 24.3 Å². The van der Waals surface area contributed by atoms with Crippen LogP contribution in [0.15, 0.2) is 66.8 Å². The van der Waals surface area contributed by atoms with Crippen LogP contribution in [0.25, 0.3) is 5.57 Å². The van der Waals surface area contributed by atoms with Gasteiger partial charge in [0.25, 0.3) is 0 Å². The normalized spacial score (nSPS) is 20.1. The topological polar surface area (TPSA) is 27.0 Å². The van der Waals surface area contributed by atoms with Gasteiger partial charge in [-0.1, -0.05) is 75.3 Å². The second kappa shape index (κ2) is 12.8. The Hall–Kier alpha value is -3.47. The fourth-order valence-corrected chi connectivity index (χ4v) is 6.21. The van der Waals surface area contributed by atoms with Crippen molar-refractivity contribution in [3.63, 3.8) is 0 Å². The molecule has 0 amide bonds. The number of alkyl halides is 6. The lowest BCUT2D eigenvalue weighted by Crippen LogP contribution is -2.45. The van der Waals surface area contributed by atoms with Gasteiger partial charge in [-0.15, -0.1) is 0 Å². The Morgan fingerprint density at radius 1 is 1.00 bits per heavy atom. The highest BCUT2D eigenvalue weighted by atomic mass is 19.4. The van der Waals surface area contributed by atoms with E-state index in [0.29, 0.717) is 28.4 Å². The molecule has 4 unspecified atom stereocenters. The number of allylic oxidation sites excluding steroid dienone is 5. The highest BCUT2D eigenvalue weighted by Gasteiger charge is 2.47. The van der Waals surface area contributed by atoms with Crippen molar-refractivity contribution in [2.45, 2.75) is 76.7 Å². The Balaban J connectivity index is 1.40. The number of anilines is 1. The first-order valence-corrected chi connectivity index (χ1v) is 14.4. The highest BCUT2D eigenvalue weighted by Crippen LogP contribution is 2.48. The van der Waals surface area contributed by atoms with Crippen LogP contribution in [0.1, 0.15) is 79.7 Å². The molecule has 0 fully saturated rings. The van der Waals surface area contributed by atoms with Crippen molar-refractivity contribution < 1.29 is 26.3 Å². The zero-order chi connectivity index (χ0) is 30.7. The zero-order valence-electron chi connectivity index (χ0n) is 24.1. The Bertz CT molecular complexity index is 1390. The molecule has 4 atom stereocenters. The predicted molar refractivity (Wildman–Crippen MR) is 155 cm³/mol. The molecular weight excluding hydrogens is 550 g/mol. The van der Waals surface area contributed by atoms with Gasteiger partial charge in [0.15, 0.2) is 0 Å². The van der Waals surface area contributed by atoms with Crippen LogP contribution < -0.4 is 4.90 Å². The minimum absolute atomic E-state index is 0.207. The number of nitriles is 1. The molecule has 2 aliphatic rings. The van der Waals surface area contributed by atoms with Crippen molar-refractivity contribution in [3.8, 4) is 6.07 Å². The quantitative estimate of drug-likeness (QED) is 0.216. The first kappa shape index (κ1) is 31.5. The maximum Gasteiger partial charge on any atom is 0.418 e. The summed E-state index contributed by atoms with van der Waals surface area (Å²) >= 11 is 0. The van der Waals surface area contributed by atoms with Gasteiger partial charge in [-0.25, -0.2) is 0 Å². The van der Waals surface area contributed by atoms with E-state index in [1.165, 1.54) is 12.1 Å². The Kier molecular flexibility index (Phi) is 9.60. The standard InChI is InChI=1S/C34H36F6N2/c1-22(29-20-31(34(38,39)40)42(3)32-28(29)15-10-16-30(32)33(35,36)37)11-6-4-7-12-24-17-18-27(26(19-24)21-41)23(2)25-13-8-5-9-14-25/h5,8-10,13,15-20,22-23,25,31H,4,6-7,11-12,14H2,1-3H3. The number of halogens is 6. The number of nitrogens with zero attached hydrogens (tertiary/aromatic N) is 2. The third kappa shape index (κ3) is 6.94. The summed E-state index contributed by atoms with van der Waals surface area (Å²) in [6, 6.07) is 9.85. The van der Waals surface area contributed by atoms with E-state index in [0.717, 1.165) is 62.4 Å². The van der Waals surface area contributed by atoms with Gasteiger partial charge in [0, 0.05) is 12.6 Å². The number of hydrogen-bond acceptors (Lipinski definition) is 2. The van der Waals surface area contributed by atoms with Gasteiger partial charge in [0.1, 0.15) is 6.04 Å². The molecule has 0 saturated carbocycles. The number of likely N-dealkylation sites (N-methyl/N-ethyl adjacent to an activating group) is 1. The molecule has 224 valence electrons. The number of fused-ring (bicyclic) bond motifs is 1. The van der Waals surface area contributed by atoms with Crippen molar-refractivity contribution >= 4 is 11.3 Å². The van der Waals surface area contributed by atoms with Gasteiger partial charge in [-0.05, 0) is 78.3 Å². The summed E-state index contributed by atoms with van der Waals surface area (Å²) in [7, 11) is 1.07. The SMILES string of the molecule is CC(CCCCCc1ccc(C(C)C2C=CC=CC2)c(C#N)c1)C1=CC(C(F)(F)F)N(C)c2c1cccc2C(F)(F)F. The molecule has 8 heteroatoms. The van der Waals surface area contributed by atoms with Crippen LogP contribution in [0.5, 0.6) is 0 Å². The van der Waals surface area contributed by atoms with Crippen LogP contribution in [-0.2, 0) is 12.6 Å². The number of benzene rings is 2. The largest absolute Gasteiger partial charge is 0.418 e. The first-order valence-electron chi connectivity index (χ1n) is 14.4. The lowest BCUT2D eigenvalue weighted by Gasteiger charge is -2.38. The molecule has 1 aliphatic carbocycles. The molecule has 1 aliphatic heterocycles. The van der Waals surface area contributed by atoms with Crippen LogP contribution in [0.4, 0.5) is 32.0 Å². The van der Waals surface area contributed by atoms with Crippen molar-refractivity contribution in [2.24, 2.45) is 11.8 Å². The maximum atomic E-state index is 13.9. The lowest BCUT2D eigenvalue weighted by atomic mass is 9.81. The van der Waals surface area contributed by atoms with Gasteiger partial charge < -0.3 is 4.90 Å². The summed E-state index contributed by atoms with van der Waals surface area (Å²) in [5, 5.41) is 9.78. The van der Waals surface area contributed by atoms with Gasteiger partial charge in [-0.3, -0.25) is 0 Å². The van der Waals surface area contributed by atoms with Crippen LogP contribution >= 0.6 is 0 Å². The van der Waals surface area contributed by atoms with E-state index < -0.39 is 29.6 Å². The smallest absolute Gasteiger partial charge is 0.359 e. The lowest BCUT2D eigenvalue weighted by molar-refractivity contribution is -0.142. The minimum atomic E-state index is -4.77. The number of unbranched alkanes of at least 4 members (excludes halogenated alkanes) is 2. The molecule has 0 radical (unpaired) electrons. The third-order valence-electron chi connectivity index (χ3n) is 8.61. The van der Waals surface area contributed by atoms with Crippen molar-refractivity contribution in [3.05, 3.63) is 94.6 Å². The number of hydrogen-bond donors (Lipinski definition) is 0.